The Balaban J connectivity index is 1.67. The lowest BCUT2D eigenvalue weighted by Gasteiger charge is -2.19. The first-order valence-electron chi connectivity index (χ1n) is 8.43. The van der Waals surface area contributed by atoms with Crippen LogP contribution >= 0.6 is 0 Å². The monoisotopic (exact) mass is 319 g/mol. The number of rotatable bonds is 3. The third kappa shape index (κ3) is 2.30. The maximum Gasteiger partial charge on any atom is 0.253 e. The Labute approximate surface area is 141 Å². The summed E-state index contributed by atoms with van der Waals surface area (Å²) in [5.74, 6) is -0.168. The number of hydrogen-bond donors (Lipinski definition) is 1. The highest BCUT2D eigenvalue weighted by Gasteiger charge is 2.27. The zero-order chi connectivity index (χ0) is 16.7. The molecule has 1 aromatic carbocycles. The molecule has 2 aromatic rings. The molecule has 24 heavy (non-hydrogen) atoms. The zero-order valence-corrected chi connectivity index (χ0v) is 13.7. The van der Waals surface area contributed by atoms with Gasteiger partial charge in [-0.05, 0) is 67.7 Å². The van der Waals surface area contributed by atoms with Gasteiger partial charge in [0.15, 0.2) is 6.04 Å². The Morgan fingerprint density at radius 2 is 1.88 bits per heavy atom. The van der Waals surface area contributed by atoms with E-state index in [9.17, 15) is 4.79 Å². The van der Waals surface area contributed by atoms with Crippen molar-refractivity contribution in [3.8, 4) is 6.07 Å². The summed E-state index contributed by atoms with van der Waals surface area (Å²) in [7, 11) is 0. The van der Waals surface area contributed by atoms with Crippen LogP contribution in [0.1, 0.15) is 47.7 Å². The second-order valence-corrected chi connectivity index (χ2v) is 6.53. The zero-order valence-electron chi connectivity index (χ0n) is 13.7. The fourth-order valence-electron chi connectivity index (χ4n) is 3.93. The van der Waals surface area contributed by atoms with Crippen molar-refractivity contribution in [3.05, 3.63) is 52.6 Å². The fraction of sp³-hybridized carbons (Fsp3) is 0.368. The van der Waals surface area contributed by atoms with Gasteiger partial charge in [0.05, 0.1) is 12.5 Å². The first-order valence-corrected chi connectivity index (χ1v) is 8.43. The summed E-state index contributed by atoms with van der Waals surface area (Å²) in [6.07, 6.45) is 9.57. The summed E-state index contributed by atoms with van der Waals surface area (Å²) < 4.78 is 1.54. The smallest absolute Gasteiger partial charge is 0.253 e. The van der Waals surface area contributed by atoms with E-state index >= 15 is 0 Å². The van der Waals surface area contributed by atoms with Gasteiger partial charge in [0.1, 0.15) is 11.8 Å². The van der Waals surface area contributed by atoms with E-state index in [1.54, 1.807) is 11.5 Å². The minimum atomic E-state index is -0.168. The molecule has 0 aliphatic heterocycles. The van der Waals surface area contributed by atoms with Crippen LogP contribution in [0.4, 0.5) is 5.69 Å². The van der Waals surface area contributed by atoms with E-state index in [2.05, 4.69) is 22.4 Å². The number of hydrogen-bond acceptors (Lipinski definition) is 3. The third-order valence-corrected chi connectivity index (χ3v) is 5.15. The minimum Gasteiger partial charge on any atom is -0.323 e. The van der Waals surface area contributed by atoms with Gasteiger partial charge in [-0.25, -0.2) is 4.98 Å². The van der Waals surface area contributed by atoms with Crippen molar-refractivity contribution in [1.29, 1.82) is 5.26 Å². The standard InChI is InChI=1S/C19H19N4O/c1-12(23-11-21-10-15(23)9-20)19(24)22-18-16-6-2-4-13(16)8-14-5-3-7-17(14)18/h8,10-11H,2-7H2,1H3,(H,22,24). The van der Waals surface area contributed by atoms with Crippen LogP contribution in [0, 0.1) is 17.4 Å². The lowest BCUT2D eigenvalue weighted by atomic mass is 9.98. The van der Waals surface area contributed by atoms with Gasteiger partial charge in [0.2, 0.25) is 0 Å². The predicted octanol–water partition coefficient (Wildman–Crippen LogP) is 2.77. The molecule has 0 unspecified atom stereocenters. The first-order chi connectivity index (χ1) is 11.7. The van der Waals surface area contributed by atoms with Gasteiger partial charge in [-0.2, -0.15) is 5.26 Å². The first kappa shape index (κ1) is 14.9. The second-order valence-electron chi connectivity index (χ2n) is 6.53. The number of nitrogens with one attached hydrogen (secondary N) is 1. The maximum absolute atomic E-state index is 12.8. The highest BCUT2D eigenvalue weighted by molar-refractivity contribution is 6.02. The Kier molecular flexibility index (Phi) is 3.61. The number of aryl methyl sites for hydroxylation is 2. The number of carbonyl (C=O) groups excluding carboxylic acids is 1. The summed E-state index contributed by atoms with van der Waals surface area (Å²) in [6, 6.07) is 4.87. The molecule has 2 aliphatic rings. The number of fused-ring (bicyclic) bond motifs is 2. The highest BCUT2D eigenvalue weighted by Crippen LogP contribution is 2.38. The molecule has 0 saturated heterocycles. The molecule has 0 spiro atoms. The van der Waals surface area contributed by atoms with Crippen molar-refractivity contribution < 1.29 is 4.79 Å². The van der Waals surface area contributed by atoms with Gasteiger partial charge in [-0.3, -0.25) is 4.79 Å². The summed E-state index contributed by atoms with van der Waals surface area (Å²) in [5, 5.41) is 12.3. The van der Waals surface area contributed by atoms with Gasteiger partial charge in [0, 0.05) is 5.69 Å². The topological polar surface area (TPSA) is 70.7 Å². The quantitative estimate of drug-likeness (QED) is 0.945. The Hall–Kier alpha value is -2.61. The predicted molar refractivity (Wildman–Crippen MR) is 90.4 cm³/mol. The lowest BCUT2D eigenvalue weighted by molar-refractivity contribution is -0.114. The highest BCUT2D eigenvalue weighted by atomic mass is 16.2. The largest absolute Gasteiger partial charge is 0.323 e. The molecule has 1 aromatic heterocycles. The molecule has 0 bridgehead atoms. The maximum atomic E-state index is 12.8. The molecule has 121 valence electrons. The normalized spacial score (nSPS) is 15.2. The minimum absolute atomic E-state index is 0.168. The van der Waals surface area contributed by atoms with Gasteiger partial charge < -0.3 is 9.88 Å². The summed E-state index contributed by atoms with van der Waals surface area (Å²) in [4.78, 5) is 16.7. The van der Waals surface area contributed by atoms with Crippen LogP contribution in [0.5, 0.6) is 0 Å². The van der Waals surface area contributed by atoms with E-state index in [4.69, 9.17) is 5.26 Å². The molecule has 0 atom stereocenters. The molecule has 1 amide bonds. The van der Waals surface area contributed by atoms with Crippen LogP contribution in [0.3, 0.4) is 0 Å². The summed E-state index contributed by atoms with van der Waals surface area (Å²) >= 11 is 0. The van der Waals surface area contributed by atoms with Crippen molar-refractivity contribution in [2.45, 2.75) is 45.4 Å². The number of nitrogens with zero attached hydrogens (tertiary/aromatic N) is 3. The number of nitriles is 1. The van der Waals surface area contributed by atoms with Gasteiger partial charge in [-0.1, -0.05) is 6.07 Å². The SMILES string of the molecule is C[C](C(=O)Nc1c2c(cc3c1CCC3)CCC2)n1cncc1C#N. The number of carbonyl (C=O) groups is 1. The summed E-state index contributed by atoms with van der Waals surface area (Å²) in [5.41, 5.74) is 6.80. The average Bonchev–Trinajstić information content (AvgIpc) is 3.32. The van der Waals surface area contributed by atoms with Gasteiger partial charge in [-0.15, -0.1) is 0 Å². The average molecular weight is 319 g/mol. The molecule has 1 N–H and O–H groups in total. The van der Waals surface area contributed by atoms with Gasteiger partial charge in [0.25, 0.3) is 5.91 Å². The van der Waals surface area contributed by atoms with E-state index in [-0.39, 0.29) is 5.91 Å². The third-order valence-electron chi connectivity index (χ3n) is 5.15. The van der Waals surface area contributed by atoms with E-state index in [1.807, 2.05) is 0 Å². The van der Waals surface area contributed by atoms with Crippen LogP contribution < -0.4 is 5.32 Å². The number of anilines is 1. The van der Waals surface area contributed by atoms with E-state index < -0.39 is 0 Å². The molecular formula is C19H19N4O. The lowest BCUT2D eigenvalue weighted by Crippen LogP contribution is -2.26. The van der Waals surface area contributed by atoms with Gasteiger partial charge >= 0.3 is 0 Å². The number of aromatic nitrogens is 2. The molecule has 4 rings (SSSR count). The van der Waals surface area contributed by atoms with E-state index in [1.165, 1.54) is 34.8 Å². The molecule has 0 fully saturated rings. The number of amides is 1. The molecule has 5 heteroatoms. The second kappa shape index (κ2) is 5.79. The Bertz CT molecular complexity index is 827. The molecule has 5 nitrogen and oxygen atoms in total. The molecular weight excluding hydrogens is 300 g/mol. The molecule has 1 heterocycles. The Morgan fingerprint density at radius 3 is 2.50 bits per heavy atom. The van der Waals surface area contributed by atoms with Crippen LogP contribution in [-0.2, 0) is 30.5 Å². The van der Waals surface area contributed by atoms with Crippen molar-refractivity contribution in [3.63, 3.8) is 0 Å². The van der Waals surface area contributed by atoms with Crippen molar-refractivity contribution in [2.75, 3.05) is 5.32 Å². The molecule has 1 radical (unpaired) electrons. The van der Waals surface area contributed by atoms with Crippen molar-refractivity contribution in [1.82, 2.24) is 9.55 Å². The van der Waals surface area contributed by atoms with Crippen LogP contribution in [0.15, 0.2) is 18.6 Å². The van der Waals surface area contributed by atoms with Crippen molar-refractivity contribution >= 4 is 11.6 Å². The number of imidazole rings is 1. The van der Waals surface area contributed by atoms with Crippen molar-refractivity contribution in [2.24, 2.45) is 0 Å². The fourth-order valence-corrected chi connectivity index (χ4v) is 3.93. The molecule has 0 saturated carbocycles. The summed E-state index contributed by atoms with van der Waals surface area (Å²) in [6.45, 7) is 1.72. The van der Waals surface area contributed by atoms with E-state index in [0.717, 1.165) is 44.2 Å². The number of benzene rings is 1. The van der Waals surface area contributed by atoms with Crippen LogP contribution in [0.2, 0.25) is 0 Å². The van der Waals surface area contributed by atoms with Crippen LogP contribution in [0.25, 0.3) is 0 Å². The molecule has 2 aliphatic carbocycles. The van der Waals surface area contributed by atoms with Crippen LogP contribution in [-0.4, -0.2) is 15.5 Å². The van der Waals surface area contributed by atoms with E-state index in [0.29, 0.717) is 11.7 Å². The Morgan fingerprint density at radius 1 is 1.21 bits per heavy atom.